The highest BCUT2D eigenvalue weighted by Gasteiger charge is 2.49. The summed E-state index contributed by atoms with van der Waals surface area (Å²) in [5, 5.41) is 0. The number of fused-ring (bicyclic) bond motifs is 1. The highest BCUT2D eigenvalue weighted by molar-refractivity contribution is 9.10. The van der Waals surface area contributed by atoms with Crippen molar-refractivity contribution in [1.29, 1.82) is 0 Å². The number of halogens is 2. The van der Waals surface area contributed by atoms with Crippen LogP contribution < -0.4 is 0 Å². The zero-order chi connectivity index (χ0) is 13.6. The Labute approximate surface area is 129 Å². The molecule has 0 saturated carbocycles. The topological polar surface area (TPSA) is 26.3 Å². The quantitative estimate of drug-likeness (QED) is 0.374. The van der Waals surface area contributed by atoms with E-state index in [0.29, 0.717) is 12.0 Å². The molecule has 2 nitrogen and oxygen atoms in total. The summed E-state index contributed by atoms with van der Waals surface area (Å²) in [5.41, 5.74) is 2.67. The molecular formula is C15H14Br2O2. The summed E-state index contributed by atoms with van der Waals surface area (Å²) in [4.78, 5) is 11.8. The van der Waals surface area contributed by atoms with Gasteiger partial charge in [0, 0.05) is 16.5 Å². The molecule has 0 N–H and O–H groups in total. The molecule has 100 valence electrons. The zero-order valence-corrected chi connectivity index (χ0v) is 13.6. The first-order valence-corrected chi connectivity index (χ1v) is 8.06. The number of hydrogen-bond acceptors (Lipinski definition) is 2. The Morgan fingerprint density at radius 3 is 2.89 bits per heavy atom. The first-order valence-electron chi connectivity index (χ1n) is 6.35. The predicted octanol–water partition coefficient (Wildman–Crippen LogP) is 4.46. The summed E-state index contributed by atoms with van der Waals surface area (Å²) in [6.45, 7) is 3.82. The number of benzene rings is 1. The van der Waals surface area contributed by atoms with E-state index >= 15 is 0 Å². The van der Waals surface area contributed by atoms with Crippen molar-refractivity contribution in [2.45, 2.75) is 36.1 Å². The van der Waals surface area contributed by atoms with Gasteiger partial charge in [0.25, 0.3) is 0 Å². The lowest BCUT2D eigenvalue weighted by Gasteiger charge is -2.31. The minimum Gasteiger partial charge on any atom is -0.454 e. The van der Waals surface area contributed by atoms with Crippen molar-refractivity contribution in [3.8, 4) is 0 Å². The van der Waals surface area contributed by atoms with Crippen LogP contribution in [0.3, 0.4) is 0 Å². The molecule has 1 saturated heterocycles. The third kappa shape index (κ3) is 2.19. The van der Waals surface area contributed by atoms with Crippen LogP contribution in [-0.2, 0) is 16.0 Å². The Morgan fingerprint density at radius 1 is 1.42 bits per heavy atom. The van der Waals surface area contributed by atoms with Crippen molar-refractivity contribution in [3.63, 3.8) is 0 Å². The second kappa shape index (κ2) is 4.74. The molecule has 0 amide bonds. The van der Waals surface area contributed by atoms with Crippen molar-refractivity contribution in [2.24, 2.45) is 0 Å². The summed E-state index contributed by atoms with van der Waals surface area (Å²) in [7, 11) is 0. The molecule has 1 aromatic carbocycles. The van der Waals surface area contributed by atoms with Gasteiger partial charge in [0.15, 0.2) is 0 Å². The molecule has 3 rings (SSSR count). The summed E-state index contributed by atoms with van der Waals surface area (Å²) >= 11 is 7.29. The van der Waals surface area contributed by atoms with Crippen molar-refractivity contribution in [3.05, 3.63) is 46.0 Å². The van der Waals surface area contributed by atoms with Gasteiger partial charge in [-0.1, -0.05) is 44.5 Å². The lowest BCUT2D eigenvalue weighted by molar-refractivity contribution is -0.146. The molecule has 1 spiro atoms. The van der Waals surface area contributed by atoms with Crippen molar-refractivity contribution in [1.82, 2.24) is 0 Å². The van der Waals surface area contributed by atoms with Gasteiger partial charge in [-0.05, 0) is 42.5 Å². The fourth-order valence-electron chi connectivity index (χ4n) is 3.02. The maximum atomic E-state index is 11.7. The van der Waals surface area contributed by atoms with E-state index < -0.39 is 5.60 Å². The molecule has 1 fully saturated rings. The summed E-state index contributed by atoms with van der Waals surface area (Å²) in [6.07, 6.45) is 3.54. The number of carbonyl (C=O) groups excluding carboxylic acids is 1. The summed E-state index contributed by atoms with van der Waals surface area (Å²) < 4.78 is 6.74. The van der Waals surface area contributed by atoms with E-state index in [-0.39, 0.29) is 10.8 Å². The Hall–Kier alpha value is -0.610. The number of rotatable bonds is 0. The number of aryl methyl sites for hydroxylation is 1. The van der Waals surface area contributed by atoms with E-state index in [1.165, 1.54) is 11.1 Å². The Kier molecular flexibility index (Phi) is 3.34. The van der Waals surface area contributed by atoms with Gasteiger partial charge >= 0.3 is 5.97 Å². The van der Waals surface area contributed by atoms with Crippen LogP contribution in [0.1, 0.15) is 35.2 Å². The first-order chi connectivity index (χ1) is 9.02. The Bertz CT molecular complexity index is 549. The lowest BCUT2D eigenvalue weighted by Crippen LogP contribution is -2.32. The van der Waals surface area contributed by atoms with E-state index in [4.69, 9.17) is 4.74 Å². The van der Waals surface area contributed by atoms with Crippen molar-refractivity contribution >= 4 is 37.8 Å². The van der Waals surface area contributed by atoms with Gasteiger partial charge in [-0.2, -0.15) is 0 Å². The van der Waals surface area contributed by atoms with Gasteiger partial charge in [-0.3, -0.25) is 0 Å². The van der Waals surface area contributed by atoms with Crippen molar-refractivity contribution < 1.29 is 9.53 Å². The molecular weight excluding hydrogens is 372 g/mol. The second-order valence-corrected chi connectivity index (χ2v) is 7.13. The molecule has 1 aromatic rings. The minimum atomic E-state index is -0.458. The molecule has 1 heterocycles. The predicted molar refractivity (Wildman–Crippen MR) is 81.3 cm³/mol. The van der Waals surface area contributed by atoms with Crippen molar-refractivity contribution in [2.75, 3.05) is 0 Å². The molecule has 1 aliphatic heterocycles. The van der Waals surface area contributed by atoms with Gasteiger partial charge in [-0.25, -0.2) is 4.79 Å². The van der Waals surface area contributed by atoms with Crippen LogP contribution in [0.4, 0.5) is 0 Å². The normalized spacial score (nSPS) is 30.1. The van der Waals surface area contributed by atoms with E-state index in [9.17, 15) is 4.79 Å². The van der Waals surface area contributed by atoms with Crippen LogP contribution in [0.2, 0.25) is 0 Å². The monoisotopic (exact) mass is 384 g/mol. The fraction of sp³-hybridized carbons (Fsp3) is 0.400. The minimum absolute atomic E-state index is 0.0261. The number of ether oxygens (including phenoxy) is 1. The van der Waals surface area contributed by atoms with E-state index in [0.717, 1.165) is 23.7 Å². The Morgan fingerprint density at radius 2 is 2.21 bits per heavy atom. The third-order valence-electron chi connectivity index (χ3n) is 3.99. The fourth-order valence-corrected chi connectivity index (χ4v) is 4.31. The highest BCUT2D eigenvalue weighted by atomic mass is 79.9. The molecule has 4 heteroatoms. The van der Waals surface area contributed by atoms with Gasteiger partial charge in [0.05, 0.1) is 4.83 Å². The molecule has 0 bridgehead atoms. The SMILES string of the molecule is C=C1C[C@]2(CCCc3ccc(Br)cc3[C@H]2Br)OC1=O. The van der Waals surface area contributed by atoms with Gasteiger partial charge in [0.2, 0.25) is 0 Å². The van der Waals surface area contributed by atoms with Crippen LogP contribution in [0.25, 0.3) is 0 Å². The smallest absolute Gasteiger partial charge is 0.334 e. The second-order valence-electron chi connectivity index (χ2n) is 5.29. The van der Waals surface area contributed by atoms with Crippen LogP contribution in [-0.4, -0.2) is 11.6 Å². The molecule has 2 aliphatic rings. The molecule has 0 radical (unpaired) electrons. The Balaban J connectivity index is 2.06. The standard InChI is InChI=1S/C15H14Br2O2/c1-9-8-15(19-14(9)18)6-2-3-10-4-5-11(16)7-12(10)13(15)17/h4-5,7,13H,1-3,6,8H2/t13-,15+/m1/s1. The lowest BCUT2D eigenvalue weighted by atomic mass is 9.88. The zero-order valence-electron chi connectivity index (χ0n) is 10.4. The molecule has 1 aliphatic carbocycles. The van der Waals surface area contributed by atoms with Crippen LogP contribution in [0, 0.1) is 0 Å². The molecule has 0 aromatic heterocycles. The van der Waals surface area contributed by atoms with Gasteiger partial charge < -0.3 is 4.74 Å². The van der Waals surface area contributed by atoms with Crippen LogP contribution in [0.5, 0.6) is 0 Å². The maximum absolute atomic E-state index is 11.7. The van der Waals surface area contributed by atoms with Gasteiger partial charge in [0.1, 0.15) is 5.60 Å². The molecule has 19 heavy (non-hydrogen) atoms. The number of alkyl halides is 1. The first kappa shape index (κ1) is 13.4. The van der Waals surface area contributed by atoms with Crippen LogP contribution in [0.15, 0.2) is 34.8 Å². The van der Waals surface area contributed by atoms with E-state index in [1.54, 1.807) is 0 Å². The summed E-state index contributed by atoms with van der Waals surface area (Å²) in [5.74, 6) is -0.247. The molecule has 2 atom stereocenters. The molecule has 0 unspecified atom stereocenters. The maximum Gasteiger partial charge on any atom is 0.334 e. The third-order valence-corrected chi connectivity index (χ3v) is 5.81. The number of esters is 1. The average Bonchev–Trinajstić information content (AvgIpc) is 2.59. The average molecular weight is 386 g/mol. The number of hydrogen-bond donors (Lipinski definition) is 0. The highest BCUT2D eigenvalue weighted by Crippen LogP contribution is 2.51. The summed E-state index contributed by atoms with van der Waals surface area (Å²) in [6, 6.07) is 6.34. The largest absolute Gasteiger partial charge is 0.454 e. The van der Waals surface area contributed by atoms with E-state index in [1.807, 2.05) is 0 Å². The number of carbonyl (C=O) groups is 1. The van der Waals surface area contributed by atoms with Gasteiger partial charge in [-0.15, -0.1) is 0 Å². The van der Waals surface area contributed by atoms with E-state index in [2.05, 4.69) is 56.6 Å². The van der Waals surface area contributed by atoms with Crippen LogP contribution >= 0.6 is 31.9 Å².